The lowest BCUT2D eigenvalue weighted by Crippen LogP contribution is -2.31. The van der Waals surface area contributed by atoms with Crippen LogP contribution in [-0.2, 0) is 9.53 Å². The minimum atomic E-state index is -0.237. The van der Waals surface area contributed by atoms with Crippen molar-refractivity contribution in [2.75, 3.05) is 13.7 Å². The highest BCUT2D eigenvalue weighted by Gasteiger charge is 2.30. The Labute approximate surface area is 93.6 Å². The van der Waals surface area contributed by atoms with E-state index in [9.17, 15) is 9.18 Å². The summed E-state index contributed by atoms with van der Waals surface area (Å²) < 4.78 is 17.4. The Balaban J connectivity index is 2.03. The van der Waals surface area contributed by atoms with Crippen molar-refractivity contribution >= 4 is 5.97 Å². The molecule has 0 aliphatic carbocycles. The highest BCUT2D eigenvalue weighted by atomic mass is 19.1. The maximum atomic E-state index is 12.7. The minimum Gasteiger partial charge on any atom is -0.468 e. The molecule has 16 heavy (non-hydrogen) atoms. The largest absolute Gasteiger partial charge is 0.468 e. The molecule has 1 fully saturated rings. The number of rotatable bonds is 2. The molecule has 1 saturated heterocycles. The molecule has 1 aromatic rings. The van der Waals surface area contributed by atoms with E-state index in [0.717, 1.165) is 12.1 Å². The summed E-state index contributed by atoms with van der Waals surface area (Å²) in [5.41, 5.74) is 1.06. The van der Waals surface area contributed by atoms with Gasteiger partial charge in [0.1, 0.15) is 11.9 Å². The van der Waals surface area contributed by atoms with E-state index in [4.69, 9.17) is 0 Å². The molecule has 0 bridgehead atoms. The van der Waals surface area contributed by atoms with Crippen LogP contribution in [0.1, 0.15) is 17.9 Å². The Morgan fingerprint density at radius 1 is 1.44 bits per heavy atom. The quantitative estimate of drug-likeness (QED) is 0.771. The van der Waals surface area contributed by atoms with E-state index in [1.807, 2.05) is 0 Å². The van der Waals surface area contributed by atoms with Gasteiger partial charge in [-0.05, 0) is 30.0 Å². The standard InChI is InChI=1S/C12H14FNO2/c1-16-12(15)11-6-9(7-14-11)8-2-4-10(13)5-3-8/h2-5,9,11,14H,6-7H2,1H3. The zero-order valence-electron chi connectivity index (χ0n) is 9.07. The molecular weight excluding hydrogens is 209 g/mol. The Morgan fingerprint density at radius 2 is 2.12 bits per heavy atom. The number of carbonyl (C=O) groups excluding carboxylic acids is 1. The van der Waals surface area contributed by atoms with Crippen molar-refractivity contribution in [3.63, 3.8) is 0 Å². The number of nitrogens with one attached hydrogen (secondary N) is 1. The van der Waals surface area contributed by atoms with Gasteiger partial charge in [-0.1, -0.05) is 12.1 Å². The molecule has 2 atom stereocenters. The summed E-state index contributed by atoms with van der Waals surface area (Å²) in [5.74, 6) is -0.214. The first-order chi connectivity index (χ1) is 7.70. The van der Waals surface area contributed by atoms with Crippen molar-refractivity contribution < 1.29 is 13.9 Å². The molecule has 1 N–H and O–H groups in total. The predicted molar refractivity (Wildman–Crippen MR) is 57.6 cm³/mol. The van der Waals surface area contributed by atoms with Crippen molar-refractivity contribution in [2.45, 2.75) is 18.4 Å². The number of hydrogen-bond acceptors (Lipinski definition) is 3. The molecule has 4 heteroatoms. The lowest BCUT2D eigenvalue weighted by molar-refractivity contribution is -0.142. The third-order valence-corrected chi connectivity index (χ3v) is 2.96. The number of halogens is 1. The average molecular weight is 223 g/mol. The molecular formula is C12H14FNO2. The zero-order valence-corrected chi connectivity index (χ0v) is 9.07. The van der Waals surface area contributed by atoms with Gasteiger partial charge < -0.3 is 10.1 Å². The Morgan fingerprint density at radius 3 is 2.75 bits per heavy atom. The molecule has 1 aliphatic rings. The van der Waals surface area contributed by atoms with E-state index >= 15 is 0 Å². The van der Waals surface area contributed by atoms with Crippen LogP contribution in [0.15, 0.2) is 24.3 Å². The lowest BCUT2D eigenvalue weighted by atomic mass is 9.96. The smallest absolute Gasteiger partial charge is 0.322 e. The summed E-state index contributed by atoms with van der Waals surface area (Å²) in [4.78, 5) is 11.3. The van der Waals surface area contributed by atoms with Gasteiger partial charge in [0.15, 0.2) is 0 Å². The third-order valence-electron chi connectivity index (χ3n) is 2.96. The van der Waals surface area contributed by atoms with E-state index in [1.165, 1.54) is 19.2 Å². The van der Waals surface area contributed by atoms with Crippen LogP contribution in [0.3, 0.4) is 0 Å². The highest BCUT2D eigenvalue weighted by Crippen LogP contribution is 2.26. The second-order valence-corrected chi connectivity index (χ2v) is 3.97. The van der Waals surface area contributed by atoms with E-state index in [-0.39, 0.29) is 23.7 Å². The Bertz CT molecular complexity index is 377. The van der Waals surface area contributed by atoms with Crippen LogP contribution in [0.25, 0.3) is 0 Å². The molecule has 3 nitrogen and oxygen atoms in total. The first kappa shape index (κ1) is 11.1. The SMILES string of the molecule is COC(=O)C1CC(c2ccc(F)cc2)CN1. The number of methoxy groups -OCH3 is 1. The third kappa shape index (κ3) is 2.22. The van der Waals surface area contributed by atoms with Gasteiger partial charge in [-0.2, -0.15) is 0 Å². The summed E-state index contributed by atoms with van der Waals surface area (Å²) in [6.45, 7) is 0.728. The van der Waals surface area contributed by atoms with Crippen LogP contribution >= 0.6 is 0 Å². The zero-order chi connectivity index (χ0) is 11.5. The second kappa shape index (κ2) is 4.61. The van der Waals surface area contributed by atoms with Crippen molar-refractivity contribution in [3.05, 3.63) is 35.6 Å². The maximum Gasteiger partial charge on any atom is 0.322 e. The number of carbonyl (C=O) groups is 1. The van der Waals surface area contributed by atoms with Gasteiger partial charge in [0.05, 0.1) is 7.11 Å². The monoisotopic (exact) mass is 223 g/mol. The van der Waals surface area contributed by atoms with Crippen LogP contribution in [0, 0.1) is 5.82 Å². The fourth-order valence-corrected chi connectivity index (χ4v) is 2.05. The van der Waals surface area contributed by atoms with Gasteiger partial charge in [-0.25, -0.2) is 4.39 Å². The van der Waals surface area contributed by atoms with Crippen LogP contribution in [0.4, 0.5) is 4.39 Å². The first-order valence-electron chi connectivity index (χ1n) is 5.27. The molecule has 0 amide bonds. The van der Waals surface area contributed by atoms with Crippen molar-refractivity contribution in [2.24, 2.45) is 0 Å². The van der Waals surface area contributed by atoms with Gasteiger partial charge in [0.25, 0.3) is 0 Å². The highest BCUT2D eigenvalue weighted by molar-refractivity contribution is 5.76. The van der Waals surface area contributed by atoms with E-state index in [1.54, 1.807) is 12.1 Å². The maximum absolute atomic E-state index is 12.7. The predicted octanol–water partition coefficient (Wildman–Crippen LogP) is 1.44. The van der Waals surface area contributed by atoms with Crippen molar-refractivity contribution in [3.8, 4) is 0 Å². The summed E-state index contributed by atoms with van der Waals surface area (Å²) in [7, 11) is 1.38. The van der Waals surface area contributed by atoms with Gasteiger partial charge in [0.2, 0.25) is 0 Å². The van der Waals surface area contributed by atoms with Gasteiger partial charge in [-0.15, -0.1) is 0 Å². The second-order valence-electron chi connectivity index (χ2n) is 3.97. The molecule has 2 unspecified atom stereocenters. The summed E-state index contributed by atoms with van der Waals surface area (Å²) in [6, 6.07) is 6.18. The summed E-state index contributed by atoms with van der Waals surface area (Å²) in [6.07, 6.45) is 0.707. The number of hydrogen-bond donors (Lipinski definition) is 1. The topological polar surface area (TPSA) is 38.3 Å². The normalized spacial score (nSPS) is 24.4. The molecule has 0 aromatic heterocycles. The number of ether oxygens (including phenoxy) is 1. The summed E-state index contributed by atoms with van der Waals surface area (Å²) >= 11 is 0. The van der Waals surface area contributed by atoms with Gasteiger partial charge >= 0.3 is 5.97 Å². The molecule has 0 spiro atoms. The molecule has 1 aliphatic heterocycles. The fourth-order valence-electron chi connectivity index (χ4n) is 2.05. The van der Waals surface area contributed by atoms with Crippen LogP contribution in [-0.4, -0.2) is 25.7 Å². The lowest BCUT2D eigenvalue weighted by Gasteiger charge is -2.09. The Kier molecular flexibility index (Phi) is 3.19. The average Bonchev–Trinajstić information content (AvgIpc) is 2.78. The number of benzene rings is 1. The van der Waals surface area contributed by atoms with Crippen LogP contribution in [0.2, 0.25) is 0 Å². The van der Waals surface area contributed by atoms with Crippen molar-refractivity contribution in [1.29, 1.82) is 0 Å². The first-order valence-corrected chi connectivity index (χ1v) is 5.27. The van der Waals surface area contributed by atoms with Crippen LogP contribution in [0.5, 0.6) is 0 Å². The van der Waals surface area contributed by atoms with Crippen molar-refractivity contribution in [1.82, 2.24) is 5.32 Å². The molecule has 86 valence electrons. The summed E-state index contributed by atoms with van der Waals surface area (Å²) in [5, 5.41) is 3.10. The minimum absolute atomic E-state index is 0.232. The molecule has 2 rings (SSSR count). The fraction of sp³-hybridized carbons (Fsp3) is 0.417. The number of esters is 1. The Hall–Kier alpha value is -1.42. The van der Waals surface area contributed by atoms with Gasteiger partial charge in [0, 0.05) is 6.54 Å². The molecule has 0 saturated carbocycles. The van der Waals surface area contributed by atoms with E-state index in [2.05, 4.69) is 10.1 Å². The van der Waals surface area contributed by atoms with E-state index in [0.29, 0.717) is 6.42 Å². The molecule has 1 aromatic carbocycles. The molecule has 0 radical (unpaired) electrons. The van der Waals surface area contributed by atoms with E-state index < -0.39 is 0 Å². The molecule has 1 heterocycles. The van der Waals surface area contributed by atoms with Crippen LogP contribution < -0.4 is 5.32 Å². The van der Waals surface area contributed by atoms with Gasteiger partial charge in [-0.3, -0.25) is 4.79 Å².